The van der Waals surface area contributed by atoms with Gasteiger partial charge in [0.2, 0.25) is 0 Å². The number of carbonyl (C=O) groups is 1. The van der Waals surface area contributed by atoms with E-state index >= 15 is 0 Å². The summed E-state index contributed by atoms with van der Waals surface area (Å²) in [7, 11) is -1.39. The smallest absolute Gasteiger partial charge is 0.305 e. The van der Waals surface area contributed by atoms with E-state index in [1.54, 1.807) is 6.20 Å². The number of hydrogen-bond acceptors (Lipinski definition) is 5. The maximum atomic E-state index is 9.95. The molecule has 0 aliphatic heterocycles. The SMILES string of the molecule is CC(C)O[Si](C)(C)CCCCCCCCCCCn1ccnn1.CCCCOCCC(=O)O. The zero-order valence-electron chi connectivity index (χ0n) is 22.1. The molecule has 8 heteroatoms. The van der Waals surface area contributed by atoms with Crippen LogP contribution >= 0.6 is 0 Å². The van der Waals surface area contributed by atoms with Gasteiger partial charge in [0.1, 0.15) is 0 Å². The summed E-state index contributed by atoms with van der Waals surface area (Å²) in [5.41, 5.74) is 0. The van der Waals surface area contributed by atoms with Crippen LogP contribution in [0.15, 0.2) is 12.4 Å². The largest absolute Gasteiger partial charge is 0.481 e. The van der Waals surface area contributed by atoms with Crippen LogP contribution in [0.3, 0.4) is 0 Å². The van der Waals surface area contributed by atoms with Crippen molar-refractivity contribution in [1.29, 1.82) is 0 Å². The normalized spacial score (nSPS) is 11.5. The molecule has 0 aromatic carbocycles. The Balaban J connectivity index is 0.000000861. The summed E-state index contributed by atoms with van der Waals surface area (Å²) in [5.74, 6) is -0.795. The summed E-state index contributed by atoms with van der Waals surface area (Å²) in [6.07, 6.45) is 18.5. The lowest BCUT2D eigenvalue weighted by Gasteiger charge is -2.25. The Labute approximate surface area is 203 Å². The zero-order chi connectivity index (χ0) is 24.8. The number of carboxylic acid groups (broad SMARTS) is 1. The minimum atomic E-state index is -1.39. The fraction of sp³-hybridized carbons (Fsp3) is 0.880. The summed E-state index contributed by atoms with van der Waals surface area (Å²) >= 11 is 0. The fourth-order valence-electron chi connectivity index (χ4n) is 3.62. The molecule has 0 unspecified atom stereocenters. The first-order valence-electron chi connectivity index (χ1n) is 13.1. The molecule has 0 bridgehead atoms. The van der Waals surface area contributed by atoms with E-state index in [0.29, 0.717) is 19.3 Å². The molecular weight excluding hydrogens is 434 g/mol. The fourth-order valence-corrected chi connectivity index (χ4v) is 6.11. The average molecular weight is 486 g/mol. The van der Waals surface area contributed by atoms with E-state index in [4.69, 9.17) is 14.3 Å². The van der Waals surface area contributed by atoms with Crippen molar-refractivity contribution < 1.29 is 19.1 Å². The molecule has 1 rings (SSSR count). The number of aromatic nitrogens is 3. The third-order valence-electron chi connectivity index (χ3n) is 5.30. The van der Waals surface area contributed by atoms with Gasteiger partial charge in [-0.2, -0.15) is 0 Å². The van der Waals surface area contributed by atoms with Crippen molar-refractivity contribution in [3.63, 3.8) is 0 Å². The van der Waals surface area contributed by atoms with Crippen LogP contribution in [0, 0.1) is 0 Å². The molecule has 7 nitrogen and oxygen atoms in total. The monoisotopic (exact) mass is 485 g/mol. The molecule has 33 heavy (non-hydrogen) atoms. The summed E-state index contributed by atoms with van der Waals surface area (Å²) in [6, 6.07) is 1.31. The number of aryl methyl sites for hydroxylation is 1. The Morgan fingerprint density at radius 1 is 0.970 bits per heavy atom. The number of nitrogens with zero attached hydrogens (tertiary/aromatic N) is 3. The van der Waals surface area contributed by atoms with Gasteiger partial charge in [-0.05, 0) is 45.8 Å². The molecule has 0 spiro atoms. The molecule has 0 saturated carbocycles. The van der Waals surface area contributed by atoms with Crippen molar-refractivity contribution in [3.8, 4) is 0 Å². The highest BCUT2D eigenvalue weighted by atomic mass is 28.4. The second kappa shape index (κ2) is 21.3. The lowest BCUT2D eigenvalue weighted by molar-refractivity contribution is -0.138. The van der Waals surface area contributed by atoms with Crippen LogP contribution in [0.2, 0.25) is 19.1 Å². The second-order valence-corrected chi connectivity index (χ2v) is 13.9. The van der Waals surface area contributed by atoms with E-state index in [1.807, 2.05) is 10.9 Å². The quantitative estimate of drug-likeness (QED) is 0.163. The Morgan fingerprint density at radius 3 is 2.09 bits per heavy atom. The first-order chi connectivity index (χ1) is 15.8. The maximum absolute atomic E-state index is 9.95. The highest BCUT2D eigenvalue weighted by Gasteiger charge is 2.22. The Morgan fingerprint density at radius 2 is 1.58 bits per heavy atom. The van der Waals surface area contributed by atoms with Crippen LogP contribution in [-0.4, -0.2) is 53.7 Å². The number of rotatable bonds is 20. The van der Waals surface area contributed by atoms with Crippen LogP contribution in [0.5, 0.6) is 0 Å². The third-order valence-corrected chi connectivity index (χ3v) is 7.96. The van der Waals surface area contributed by atoms with Crippen LogP contribution in [-0.2, 0) is 20.5 Å². The summed E-state index contributed by atoms with van der Waals surface area (Å²) in [4.78, 5) is 9.95. The molecule has 1 heterocycles. The van der Waals surface area contributed by atoms with Gasteiger partial charge in [0.15, 0.2) is 8.32 Å². The minimum Gasteiger partial charge on any atom is -0.481 e. The molecule has 0 aliphatic carbocycles. The van der Waals surface area contributed by atoms with Crippen LogP contribution < -0.4 is 0 Å². The van der Waals surface area contributed by atoms with E-state index in [-0.39, 0.29) is 6.42 Å². The predicted octanol–water partition coefficient (Wildman–Crippen LogP) is 6.70. The number of ether oxygens (including phenoxy) is 1. The molecule has 0 fully saturated rings. The molecule has 1 aromatic rings. The highest BCUT2D eigenvalue weighted by molar-refractivity contribution is 6.71. The average Bonchev–Trinajstić information content (AvgIpc) is 3.24. The molecular formula is C25H51N3O4Si. The molecule has 194 valence electrons. The van der Waals surface area contributed by atoms with E-state index in [1.165, 1.54) is 63.8 Å². The van der Waals surface area contributed by atoms with Gasteiger partial charge < -0.3 is 14.3 Å². The van der Waals surface area contributed by atoms with Crippen molar-refractivity contribution in [2.24, 2.45) is 0 Å². The first kappa shape index (κ1) is 31.7. The van der Waals surface area contributed by atoms with Crippen molar-refractivity contribution in [2.45, 2.75) is 130 Å². The lowest BCUT2D eigenvalue weighted by Crippen LogP contribution is -2.33. The first-order valence-corrected chi connectivity index (χ1v) is 16.2. The predicted molar refractivity (Wildman–Crippen MR) is 138 cm³/mol. The van der Waals surface area contributed by atoms with Gasteiger partial charge in [-0.25, -0.2) is 0 Å². The molecule has 0 radical (unpaired) electrons. The van der Waals surface area contributed by atoms with Gasteiger partial charge in [-0.3, -0.25) is 9.48 Å². The van der Waals surface area contributed by atoms with Gasteiger partial charge >= 0.3 is 5.97 Å². The highest BCUT2D eigenvalue weighted by Crippen LogP contribution is 2.19. The second-order valence-electron chi connectivity index (χ2n) is 9.63. The molecule has 0 aliphatic rings. The van der Waals surface area contributed by atoms with E-state index in [9.17, 15) is 4.79 Å². The molecule has 1 aromatic heterocycles. The van der Waals surface area contributed by atoms with E-state index in [2.05, 4.69) is 44.2 Å². The van der Waals surface area contributed by atoms with Crippen LogP contribution in [0.4, 0.5) is 0 Å². The van der Waals surface area contributed by atoms with Crippen molar-refractivity contribution in [2.75, 3.05) is 13.2 Å². The van der Waals surface area contributed by atoms with E-state index in [0.717, 1.165) is 19.4 Å². The number of carboxylic acids is 1. The van der Waals surface area contributed by atoms with Crippen molar-refractivity contribution >= 4 is 14.3 Å². The third kappa shape index (κ3) is 23.7. The van der Waals surface area contributed by atoms with Crippen molar-refractivity contribution in [1.82, 2.24) is 15.0 Å². The number of hydrogen-bond donors (Lipinski definition) is 1. The topological polar surface area (TPSA) is 86.5 Å². The summed E-state index contributed by atoms with van der Waals surface area (Å²) in [5, 5.41) is 16.0. The maximum Gasteiger partial charge on any atom is 0.305 e. The molecule has 0 atom stereocenters. The standard InChI is InChI=1S/C18H37N3OSi.C7H14O3/c1-18(2)22-23(3,4)17-13-11-9-7-5-6-8-10-12-15-21-16-14-19-20-21;1-2-3-5-10-6-4-7(8)9/h14,16,18H,5-13,15,17H2,1-4H3;2-6H2,1H3,(H,8,9). The van der Waals surface area contributed by atoms with Crippen LogP contribution in [0.1, 0.15) is 97.8 Å². The van der Waals surface area contributed by atoms with Gasteiger partial charge in [-0.1, -0.05) is 69.9 Å². The van der Waals surface area contributed by atoms with Gasteiger partial charge in [0, 0.05) is 25.5 Å². The zero-order valence-corrected chi connectivity index (χ0v) is 23.1. The minimum absolute atomic E-state index is 0.115. The van der Waals surface area contributed by atoms with Crippen LogP contribution in [0.25, 0.3) is 0 Å². The lowest BCUT2D eigenvalue weighted by atomic mass is 10.1. The van der Waals surface area contributed by atoms with Gasteiger partial charge in [-0.15, -0.1) is 5.10 Å². The molecule has 0 amide bonds. The molecule has 1 N–H and O–H groups in total. The Kier molecular flexibility index (Phi) is 20.5. The Hall–Kier alpha value is -1.25. The van der Waals surface area contributed by atoms with E-state index < -0.39 is 14.3 Å². The number of unbranched alkanes of at least 4 members (excludes halogenated alkanes) is 9. The van der Waals surface area contributed by atoms with Gasteiger partial charge in [0.05, 0.1) is 19.2 Å². The summed E-state index contributed by atoms with van der Waals surface area (Å²) in [6.45, 7) is 13.1. The van der Waals surface area contributed by atoms with Crippen molar-refractivity contribution in [3.05, 3.63) is 12.4 Å². The molecule has 0 saturated heterocycles. The van der Waals surface area contributed by atoms with Gasteiger partial charge in [0.25, 0.3) is 0 Å². The Bertz CT molecular complexity index is 554. The summed E-state index contributed by atoms with van der Waals surface area (Å²) < 4.78 is 13.0. The number of aliphatic carboxylic acids is 1.